The number of carboxylic acid groups (broad SMARTS) is 1. The maximum atomic E-state index is 11.4. The second-order valence-electron chi connectivity index (χ2n) is 6.78. The zero-order valence-electron chi connectivity index (χ0n) is 13.4. The molecule has 2 aliphatic carbocycles. The maximum Gasteiger partial charge on any atom is 0.405 e. The summed E-state index contributed by atoms with van der Waals surface area (Å²) in [6.07, 6.45) is 5.68. The Balaban J connectivity index is 1.78. The van der Waals surface area contributed by atoms with Crippen LogP contribution in [-0.2, 0) is 18.4 Å². The Morgan fingerprint density at radius 3 is 2.79 bits per heavy atom. The minimum Gasteiger partial charge on any atom is -0.465 e. The van der Waals surface area contributed by atoms with Crippen LogP contribution in [0.4, 0.5) is 4.79 Å². The summed E-state index contributed by atoms with van der Waals surface area (Å²) >= 11 is 3.53. The summed E-state index contributed by atoms with van der Waals surface area (Å²) in [4.78, 5) is 19.7. The highest BCUT2D eigenvalue weighted by atomic mass is 79.9. The lowest BCUT2D eigenvalue weighted by atomic mass is 9.81. The van der Waals surface area contributed by atoms with Gasteiger partial charge in [-0.2, -0.15) is 0 Å². The number of hydrogen-bond acceptors (Lipinski definition) is 2. The van der Waals surface area contributed by atoms with Crippen LogP contribution >= 0.6 is 15.9 Å². The van der Waals surface area contributed by atoms with E-state index in [1.807, 2.05) is 6.07 Å². The van der Waals surface area contributed by atoms with Gasteiger partial charge in [0, 0.05) is 10.0 Å². The van der Waals surface area contributed by atoms with Gasteiger partial charge < -0.3 is 15.4 Å². The number of nitrogens with one attached hydrogen (secondary N) is 2. The molecule has 0 spiro atoms. The van der Waals surface area contributed by atoms with Crippen LogP contribution in [0, 0.1) is 0 Å². The first-order valence-corrected chi connectivity index (χ1v) is 9.26. The first kappa shape index (κ1) is 15.7. The molecule has 4 rings (SSSR count). The van der Waals surface area contributed by atoms with Gasteiger partial charge >= 0.3 is 6.09 Å². The van der Waals surface area contributed by atoms with Crippen LogP contribution in [0.5, 0.6) is 0 Å². The van der Waals surface area contributed by atoms with Crippen molar-refractivity contribution in [2.24, 2.45) is 0 Å². The number of hydrogen-bond donors (Lipinski definition) is 3. The monoisotopic (exact) mass is 389 g/mol. The molecule has 24 heavy (non-hydrogen) atoms. The van der Waals surface area contributed by atoms with Gasteiger partial charge in [0.15, 0.2) is 0 Å². The Morgan fingerprint density at radius 2 is 2.04 bits per heavy atom. The number of rotatable bonds is 2. The van der Waals surface area contributed by atoms with Gasteiger partial charge in [-0.3, -0.25) is 0 Å². The van der Waals surface area contributed by atoms with E-state index in [1.54, 1.807) is 0 Å². The smallest absolute Gasteiger partial charge is 0.405 e. The number of amides is 1. The van der Waals surface area contributed by atoms with Crippen molar-refractivity contribution >= 4 is 22.0 Å². The minimum absolute atomic E-state index is 0.572. The number of halogens is 1. The standard InChI is InChI=1S/C18H20BrN3O2/c19-12-5-6-13-11(10-12)4-7-14-15(13)21-16(20-14)18(22-17(23)24)8-2-1-3-9-18/h5-6,10,22H,1-4,7-9H2,(H,20,21)(H,23,24). The molecular weight excluding hydrogens is 370 g/mol. The fraction of sp³-hybridized carbons (Fsp3) is 0.444. The molecule has 2 aliphatic rings. The van der Waals surface area contributed by atoms with E-state index in [0.717, 1.165) is 66.6 Å². The summed E-state index contributed by atoms with van der Waals surface area (Å²) in [5.74, 6) is 0.783. The summed E-state index contributed by atoms with van der Waals surface area (Å²) in [5.41, 5.74) is 4.01. The molecule has 0 atom stereocenters. The van der Waals surface area contributed by atoms with Crippen molar-refractivity contribution in [3.05, 3.63) is 39.8 Å². The zero-order chi connectivity index (χ0) is 16.7. The highest BCUT2D eigenvalue weighted by molar-refractivity contribution is 9.10. The third kappa shape index (κ3) is 2.62. The molecule has 1 saturated carbocycles. The Morgan fingerprint density at radius 1 is 1.25 bits per heavy atom. The summed E-state index contributed by atoms with van der Waals surface area (Å²) in [6, 6.07) is 6.31. The topological polar surface area (TPSA) is 78.0 Å². The molecule has 0 aliphatic heterocycles. The molecule has 6 heteroatoms. The van der Waals surface area contributed by atoms with Gasteiger partial charge in [0.2, 0.25) is 0 Å². The third-order valence-electron chi connectivity index (χ3n) is 5.25. The van der Waals surface area contributed by atoms with Gasteiger partial charge in [0.1, 0.15) is 11.4 Å². The molecule has 126 valence electrons. The number of H-pyrrole nitrogens is 1. The first-order valence-electron chi connectivity index (χ1n) is 8.47. The fourth-order valence-electron chi connectivity index (χ4n) is 4.09. The van der Waals surface area contributed by atoms with Crippen LogP contribution in [0.15, 0.2) is 22.7 Å². The summed E-state index contributed by atoms with van der Waals surface area (Å²) < 4.78 is 1.08. The van der Waals surface area contributed by atoms with Crippen molar-refractivity contribution in [2.75, 3.05) is 0 Å². The van der Waals surface area contributed by atoms with Crippen LogP contribution in [0.2, 0.25) is 0 Å². The van der Waals surface area contributed by atoms with Crippen LogP contribution in [0.25, 0.3) is 11.3 Å². The molecule has 3 N–H and O–H groups in total. The van der Waals surface area contributed by atoms with E-state index in [-0.39, 0.29) is 0 Å². The quantitative estimate of drug-likeness (QED) is 0.713. The van der Waals surface area contributed by atoms with E-state index in [4.69, 9.17) is 4.98 Å². The van der Waals surface area contributed by atoms with Gasteiger partial charge in [-0.15, -0.1) is 0 Å². The SMILES string of the molecule is O=C(O)NC1(c2nc3c([nH]2)-c2ccc(Br)cc2CC3)CCCCC1. The lowest BCUT2D eigenvalue weighted by molar-refractivity contribution is 0.158. The van der Waals surface area contributed by atoms with Gasteiger partial charge in [-0.25, -0.2) is 9.78 Å². The third-order valence-corrected chi connectivity index (χ3v) is 5.75. The number of aryl methyl sites for hydroxylation is 2. The largest absolute Gasteiger partial charge is 0.465 e. The van der Waals surface area contributed by atoms with E-state index in [9.17, 15) is 9.90 Å². The molecule has 5 nitrogen and oxygen atoms in total. The number of carbonyl (C=O) groups is 1. The molecule has 0 bridgehead atoms. The molecule has 0 radical (unpaired) electrons. The molecular formula is C18H20BrN3O2. The average Bonchev–Trinajstić information content (AvgIpc) is 3.00. The predicted octanol–water partition coefficient (Wildman–Crippen LogP) is 4.36. The number of benzene rings is 1. The maximum absolute atomic E-state index is 11.4. The van der Waals surface area contributed by atoms with E-state index in [2.05, 4.69) is 38.4 Å². The highest BCUT2D eigenvalue weighted by Gasteiger charge is 2.39. The lowest BCUT2D eigenvalue weighted by Gasteiger charge is -2.35. The Labute approximate surface area is 149 Å². The molecule has 1 amide bonds. The van der Waals surface area contributed by atoms with Gasteiger partial charge in [0.05, 0.1) is 11.4 Å². The lowest BCUT2D eigenvalue weighted by Crippen LogP contribution is -2.47. The normalized spacial score (nSPS) is 18.5. The number of imidazole rings is 1. The van der Waals surface area contributed by atoms with Crippen molar-refractivity contribution in [1.82, 2.24) is 15.3 Å². The molecule has 0 unspecified atom stereocenters. The highest BCUT2D eigenvalue weighted by Crippen LogP contribution is 2.40. The molecule has 0 saturated heterocycles. The molecule has 1 fully saturated rings. The number of nitrogens with zero attached hydrogens (tertiary/aromatic N) is 1. The molecule has 1 aromatic carbocycles. The second-order valence-corrected chi connectivity index (χ2v) is 7.70. The van der Waals surface area contributed by atoms with E-state index in [0.29, 0.717) is 0 Å². The minimum atomic E-state index is -0.976. The van der Waals surface area contributed by atoms with Crippen LogP contribution in [0.3, 0.4) is 0 Å². The van der Waals surface area contributed by atoms with Crippen molar-refractivity contribution < 1.29 is 9.90 Å². The molecule has 2 aromatic rings. The summed E-state index contributed by atoms with van der Waals surface area (Å²) in [7, 11) is 0. The zero-order valence-corrected chi connectivity index (χ0v) is 14.9. The Kier molecular flexibility index (Phi) is 3.87. The fourth-order valence-corrected chi connectivity index (χ4v) is 4.50. The Bertz CT molecular complexity index is 794. The van der Waals surface area contributed by atoms with Gasteiger partial charge in [-0.05, 0) is 43.4 Å². The summed E-state index contributed by atoms with van der Waals surface area (Å²) in [6.45, 7) is 0. The predicted molar refractivity (Wildman–Crippen MR) is 95.1 cm³/mol. The average molecular weight is 390 g/mol. The van der Waals surface area contributed by atoms with Crippen molar-refractivity contribution in [2.45, 2.75) is 50.5 Å². The Hall–Kier alpha value is -1.82. The molecule has 1 aromatic heterocycles. The van der Waals surface area contributed by atoms with Crippen LogP contribution in [0.1, 0.15) is 49.2 Å². The number of fused-ring (bicyclic) bond motifs is 3. The first-order chi connectivity index (χ1) is 11.6. The number of aromatic amines is 1. The van der Waals surface area contributed by atoms with Crippen molar-refractivity contribution in [3.8, 4) is 11.3 Å². The number of aromatic nitrogens is 2. The molecule has 1 heterocycles. The second kappa shape index (κ2) is 5.92. The van der Waals surface area contributed by atoms with Gasteiger partial charge in [-0.1, -0.05) is 41.3 Å². The van der Waals surface area contributed by atoms with Crippen LogP contribution < -0.4 is 5.32 Å². The van der Waals surface area contributed by atoms with Crippen molar-refractivity contribution in [1.29, 1.82) is 0 Å². The van der Waals surface area contributed by atoms with E-state index in [1.165, 1.54) is 11.1 Å². The van der Waals surface area contributed by atoms with Crippen LogP contribution in [-0.4, -0.2) is 21.2 Å². The van der Waals surface area contributed by atoms with E-state index >= 15 is 0 Å². The summed E-state index contributed by atoms with van der Waals surface area (Å²) in [5, 5.41) is 12.1. The van der Waals surface area contributed by atoms with Crippen molar-refractivity contribution in [3.63, 3.8) is 0 Å². The van der Waals surface area contributed by atoms with Gasteiger partial charge in [0.25, 0.3) is 0 Å². The van der Waals surface area contributed by atoms with E-state index < -0.39 is 11.6 Å².